The first-order chi connectivity index (χ1) is 11.1. The third-order valence-electron chi connectivity index (χ3n) is 5.04. The van der Waals surface area contributed by atoms with Gasteiger partial charge in [-0.05, 0) is 41.4 Å². The third-order valence-corrected chi connectivity index (χ3v) is 5.43. The van der Waals surface area contributed by atoms with Crippen molar-refractivity contribution in [1.29, 1.82) is 0 Å². The van der Waals surface area contributed by atoms with E-state index in [1.807, 2.05) is 18.2 Å². The van der Waals surface area contributed by atoms with Crippen molar-refractivity contribution in [2.45, 2.75) is 38.5 Å². The van der Waals surface area contributed by atoms with Crippen LogP contribution in [0.5, 0.6) is 0 Å². The summed E-state index contributed by atoms with van der Waals surface area (Å²) in [5, 5.41) is 0.142. The number of hydrogen-bond acceptors (Lipinski definition) is 0. The van der Waals surface area contributed by atoms with Crippen LogP contribution in [0, 0.1) is 11.7 Å². The van der Waals surface area contributed by atoms with Crippen LogP contribution in [0.4, 0.5) is 4.39 Å². The van der Waals surface area contributed by atoms with Crippen molar-refractivity contribution in [3.8, 4) is 11.1 Å². The fraction of sp³-hybridized carbons (Fsp3) is 0.333. The summed E-state index contributed by atoms with van der Waals surface area (Å²) in [5.41, 5.74) is 3.41. The zero-order chi connectivity index (χ0) is 16.4. The van der Waals surface area contributed by atoms with Crippen molar-refractivity contribution < 1.29 is 4.39 Å². The van der Waals surface area contributed by atoms with Crippen LogP contribution in [0.15, 0.2) is 43.0 Å². The Bertz CT molecular complexity index is 695. The molecular weight excluding hydrogens is 307 g/mol. The molecule has 2 heteroatoms. The highest BCUT2D eigenvalue weighted by atomic mass is 35.5. The molecule has 0 heterocycles. The van der Waals surface area contributed by atoms with Gasteiger partial charge in [-0.1, -0.05) is 80.4 Å². The molecule has 1 fully saturated rings. The molecule has 0 bridgehead atoms. The van der Waals surface area contributed by atoms with Crippen molar-refractivity contribution in [3.05, 3.63) is 64.9 Å². The summed E-state index contributed by atoms with van der Waals surface area (Å²) in [6, 6.07) is 11.9. The van der Waals surface area contributed by atoms with E-state index in [-0.39, 0.29) is 10.8 Å². The molecule has 0 nitrogen and oxygen atoms in total. The minimum atomic E-state index is -0.372. The molecule has 0 radical (unpaired) electrons. The first-order valence-electron chi connectivity index (χ1n) is 8.31. The van der Waals surface area contributed by atoms with Gasteiger partial charge < -0.3 is 0 Å². The molecule has 0 aliphatic heterocycles. The Balaban J connectivity index is 1.85. The second-order valence-corrected chi connectivity index (χ2v) is 6.99. The first-order valence-corrected chi connectivity index (χ1v) is 8.68. The zero-order valence-electron chi connectivity index (χ0n) is 13.5. The number of hydrogen-bond donors (Lipinski definition) is 0. The second kappa shape index (κ2) is 6.88. The SMILES string of the molecule is C=Cc1ccc(-c2ccc(C3CCC(C)CC3)cc2)c(F)c1Cl. The first kappa shape index (κ1) is 16.3. The molecule has 2 aromatic rings. The standard InChI is InChI=1S/C21H22ClF/c1-3-15-12-13-19(21(23)20(15)22)18-10-8-17(9-11-18)16-6-4-14(2)5-7-16/h3,8-14,16H,1,4-7H2,2H3. The zero-order valence-corrected chi connectivity index (χ0v) is 14.2. The second-order valence-electron chi connectivity index (χ2n) is 6.61. The topological polar surface area (TPSA) is 0 Å². The van der Waals surface area contributed by atoms with Crippen molar-refractivity contribution in [2.75, 3.05) is 0 Å². The molecular formula is C21H22ClF. The van der Waals surface area contributed by atoms with Gasteiger partial charge in [-0.2, -0.15) is 0 Å². The molecule has 0 amide bonds. The van der Waals surface area contributed by atoms with Crippen LogP contribution >= 0.6 is 11.6 Å². The lowest BCUT2D eigenvalue weighted by Gasteiger charge is -2.26. The van der Waals surface area contributed by atoms with Gasteiger partial charge in [-0.15, -0.1) is 0 Å². The van der Waals surface area contributed by atoms with Crippen molar-refractivity contribution in [1.82, 2.24) is 0 Å². The lowest BCUT2D eigenvalue weighted by atomic mass is 9.79. The Hall–Kier alpha value is -1.60. The van der Waals surface area contributed by atoms with Crippen molar-refractivity contribution in [3.63, 3.8) is 0 Å². The minimum absolute atomic E-state index is 0.142. The van der Waals surface area contributed by atoms with E-state index >= 15 is 0 Å². The Morgan fingerprint density at radius 1 is 1.04 bits per heavy atom. The largest absolute Gasteiger partial charge is 0.205 e. The highest BCUT2D eigenvalue weighted by Gasteiger charge is 2.20. The Morgan fingerprint density at radius 3 is 2.30 bits per heavy atom. The summed E-state index contributed by atoms with van der Waals surface area (Å²) in [6.45, 7) is 5.98. The van der Waals surface area contributed by atoms with E-state index in [0.717, 1.165) is 11.5 Å². The predicted octanol–water partition coefficient (Wildman–Crippen LogP) is 7.08. The molecule has 2 aromatic carbocycles. The Morgan fingerprint density at radius 2 is 1.70 bits per heavy atom. The van der Waals surface area contributed by atoms with Gasteiger partial charge in [-0.3, -0.25) is 0 Å². The maximum atomic E-state index is 14.5. The van der Waals surface area contributed by atoms with E-state index in [1.54, 1.807) is 12.1 Å². The summed E-state index contributed by atoms with van der Waals surface area (Å²) >= 11 is 6.07. The molecule has 120 valence electrons. The molecule has 0 atom stereocenters. The van der Waals surface area contributed by atoms with Gasteiger partial charge >= 0.3 is 0 Å². The van der Waals surface area contributed by atoms with E-state index in [2.05, 4.69) is 25.6 Å². The van der Waals surface area contributed by atoms with Crippen LogP contribution in [0.3, 0.4) is 0 Å². The van der Waals surface area contributed by atoms with Crippen molar-refractivity contribution in [2.24, 2.45) is 5.92 Å². The average molecular weight is 329 g/mol. The highest BCUT2D eigenvalue weighted by molar-refractivity contribution is 6.32. The summed E-state index contributed by atoms with van der Waals surface area (Å²) < 4.78 is 14.5. The minimum Gasteiger partial charge on any atom is -0.205 e. The summed E-state index contributed by atoms with van der Waals surface area (Å²) in [5.74, 6) is 1.13. The van der Waals surface area contributed by atoms with Crippen LogP contribution < -0.4 is 0 Å². The maximum Gasteiger partial charge on any atom is 0.150 e. The molecule has 1 aliphatic rings. The van der Waals surface area contributed by atoms with Gasteiger partial charge in [0, 0.05) is 5.56 Å². The molecule has 23 heavy (non-hydrogen) atoms. The van der Waals surface area contributed by atoms with E-state index in [0.29, 0.717) is 17.0 Å². The summed E-state index contributed by atoms with van der Waals surface area (Å²) in [4.78, 5) is 0. The maximum absolute atomic E-state index is 14.5. The highest BCUT2D eigenvalue weighted by Crippen LogP contribution is 2.37. The average Bonchev–Trinajstić information content (AvgIpc) is 2.58. The molecule has 0 unspecified atom stereocenters. The molecule has 0 spiro atoms. The van der Waals surface area contributed by atoms with Crippen LogP contribution in [0.1, 0.15) is 49.7 Å². The number of halogens is 2. The summed E-state index contributed by atoms with van der Waals surface area (Å²) in [6.07, 6.45) is 6.70. The van der Waals surface area contributed by atoms with Gasteiger partial charge in [0.1, 0.15) is 5.82 Å². The van der Waals surface area contributed by atoms with E-state index in [9.17, 15) is 4.39 Å². The smallest absolute Gasteiger partial charge is 0.150 e. The van der Waals surface area contributed by atoms with Crippen LogP contribution in [-0.4, -0.2) is 0 Å². The Kier molecular flexibility index (Phi) is 4.87. The van der Waals surface area contributed by atoms with Gasteiger partial charge in [0.25, 0.3) is 0 Å². The molecule has 1 aliphatic carbocycles. The lowest BCUT2D eigenvalue weighted by Crippen LogP contribution is -2.10. The van der Waals surface area contributed by atoms with Gasteiger partial charge in [0.05, 0.1) is 5.02 Å². The Labute approximate surface area is 143 Å². The third kappa shape index (κ3) is 3.35. The van der Waals surface area contributed by atoms with Crippen LogP contribution in [0.2, 0.25) is 5.02 Å². The van der Waals surface area contributed by atoms with Gasteiger partial charge in [-0.25, -0.2) is 4.39 Å². The number of rotatable bonds is 3. The molecule has 3 rings (SSSR count). The van der Waals surface area contributed by atoms with Gasteiger partial charge in [0.2, 0.25) is 0 Å². The van der Waals surface area contributed by atoms with Crippen molar-refractivity contribution >= 4 is 17.7 Å². The fourth-order valence-electron chi connectivity index (χ4n) is 3.47. The van der Waals surface area contributed by atoms with E-state index in [4.69, 9.17) is 11.6 Å². The van der Waals surface area contributed by atoms with Crippen LogP contribution in [0.25, 0.3) is 17.2 Å². The molecule has 0 saturated heterocycles. The predicted molar refractivity (Wildman–Crippen MR) is 97.3 cm³/mol. The summed E-state index contributed by atoms with van der Waals surface area (Å²) in [7, 11) is 0. The lowest BCUT2D eigenvalue weighted by molar-refractivity contribution is 0.348. The fourth-order valence-corrected chi connectivity index (χ4v) is 3.72. The molecule has 0 aromatic heterocycles. The van der Waals surface area contributed by atoms with E-state index in [1.165, 1.54) is 31.2 Å². The normalized spacial score (nSPS) is 21.2. The molecule has 0 N–H and O–H groups in total. The van der Waals surface area contributed by atoms with E-state index < -0.39 is 0 Å². The quantitative estimate of drug-likeness (QED) is 0.564. The monoisotopic (exact) mass is 328 g/mol. The van der Waals surface area contributed by atoms with Crippen LogP contribution in [-0.2, 0) is 0 Å². The number of benzene rings is 2. The molecule has 1 saturated carbocycles. The van der Waals surface area contributed by atoms with Gasteiger partial charge in [0.15, 0.2) is 0 Å².